The summed E-state index contributed by atoms with van der Waals surface area (Å²) in [5, 5.41) is 9.44. The van der Waals surface area contributed by atoms with Crippen molar-refractivity contribution in [3.63, 3.8) is 0 Å². The Morgan fingerprint density at radius 2 is 1.75 bits per heavy atom. The summed E-state index contributed by atoms with van der Waals surface area (Å²) in [6.07, 6.45) is 0. The number of benzene rings is 1. The smallest absolute Gasteiger partial charge is 0.130 e. The molecular formula is C12H22O2P2. The van der Waals surface area contributed by atoms with E-state index in [1.807, 2.05) is 19.4 Å². The van der Waals surface area contributed by atoms with E-state index in [2.05, 4.69) is 20.8 Å². The summed E-state index contributed by atoms with van der Waals surface area (Å²) in [6, 6.07) is 5.34. The third kappa shape index (κ3) is 4.28. The lowest BCUT2D eigenvalue weighted by Gasteiger charge is -2.23. The largest absolute Gasteiger partial charge is 0.508 e. The zero-order valence-corrected chi connectivity index (χ0v) is 13.1. The maximum Gasteiger partial charge on any atom is 0.130 e. The van der Waals surface area contributed by atoms with E-state index < -0.39 is 8.15 Å². The van der Waals surface area contributed by atoms with Gasteiger partial charge in [-0.3, -0.25) is 0 Å². The molecule has 1 unspecified atom stereocenters. The molecule has 92 valence electrons. The first-order valence-electron chi connectivity index (χ1n) is 4.99. The van der Waals surface area contributed by atoms with Crippen LogP contribution >= 0.6 is 18.0 Å². The highest BCUT2D eigenvalue weighted by Crippen LogP contribution is 2.39. The molecule has 0 amide bonds. The molecule has 0 saturated heterocycles. The van der Waals surface area contributed by atoms with Gasteiger partial charge in [-0.15, -0.1) is 0 Å². The van der Waals surface area contributed by atoms with E-state index in [0.29, 0.717) is 0 Å². The van der Waals surface area contributed by atoms with Gasteiger partial charge in [0.15, 0.2) is 0 Å². The van der Waals surface area contributed by atoms with E-state index in [9.17, 15) is 5.11 Å². The number of phenols is 1. The quantitative estimate of drug-likeness (QED) is 0.820. The molecule has 1 aromatic carbocycles. The van der Waals surface area contributed by atoms with Gasteiger partial charge < -0.3 is 9.63 Å². The normalized spacial score (nSPS) is 11.1. The molecule has 2 nitrogen and oxygen atoms in total. The van der Waals surface area contributed by atoms with E-state index in [1.165, 1.54) is 0 Å². The van der Waals surface area contributed by atoms with E-state index in [1.54, 1.807) is 12.1 Å². The van der Waals surface area contributed by atoms with Crippen molar-refractivity contribution in [2.24, 2.45) is 0 Å². The molecule has 0 spiro atoms. The summed E-state index contributed by atoms with van der Waals surface area (Å²) in [7, 11) is -0.464. The minimum Gasteiger partial charge on any atom is -0.508 e. The Balaban J connectivity index is 0.00000225. The van der Waals surface area contributed by atoms with Gasteiger partial charge in [0.2, 0.25) is 0 Å². The Kier molecular flexibility index (Phi) is 5.73. The summed E-state index contributed by atoms with van der Waals surface area (Å²) in [5.74, 6) is 1.06. The molecule has 0 aliphatic carbocycles. The number of rotatable bonds is 2. The molecular weight excluding hydrogens is 238 g/mol. The number of aromatic hydroxyl groups is 1. The molecule has 0 radical (unpaired) electrons. The van der Waals surface area contributed by atoms with Gasteiger partial charge in [0.1, 0.15) is 11.5 Å². The fourth-order valence-electron chi connectivity index (χ4n) is 1.40. The van der Waals surface area contributed by atoms with Crippen molar-refractivity contribution in [2.45, 2.75) is 26.2 Å². The Morgan fingerprint density at radius 3 is 2.19 bits per heavy atom. The van der Waals surface area contributed by atoms with Crippen LogP contribution in [0.15, 0.2) is 18.2 Å². The molecule has 0 aliphatic heterocycles. The summed E-state index contributed by atoms with van der Waals surface area (Å²) in [6.45, 7) is 10.5. The summed E-state index contributed by atoms with van der Waals surface area (Å²) >= 11 is 0. The standard InChI is InChI=1S/C12H19O2P.H3P/c1-12(2,3)10-7-6-9(13)8-11(10)14-15(4)5;/h6-8,13H,1-5H3;1H3. The second kappa shape index (κ2) is 5.84. The lowest BCUT2D eigenvalue weighted by molar-refractivity contribution is 0.467. The first-order chi connectivity index (χ1) is 6.80. The van der Waals surface area contributed by atoms with Gasteiger partial charge in [-0.2, -0.15) is 9.90 Å². The van der Waals surface area contributed by atoms with Crippen molar-refractivity contribution in [1.82, 2.24) is 0 Å². The van der Waals surface area contributed by atoms with Gasteiger partial charge in [-0.1, -0.05) is 26.8 Å². The van der Waals surface area contributed by atoms with E-state index in [4.69, 9.17) is 4.52 Å². The van der Waals surface area contributed by atoms with Crippen LogP contribution in [0.5, 0.6) is 11.5 Å². The van der Waals surface area contributed by atoms with Crippen molar-refractivity contribution in [2.75, 3.05) is 13.3 Å². The third-order valence-corrected chi connectivity index (χ3v) is 2.62. The molecule has 1 N–H and O–H groups in total. The number of hydrogen-bond acceptors (Lipinski definition) is 2. The predicted molar refractivity (Wildman–Crippen MR) is 77.3 cm³/mol. The Bertz CT molecular complexity index is 343. The average Bonchev–Trinajstić information content (AvgIpc) is 1.99. The van der Waals surface area contributed by atoms with Crippen LogP contribution in [0.3, 0.4) is 0 Å². The molecule has 1 atom stereocenters. The van der Waals surface area contributed by atoms with E-state index >= 15 is 0 Å². The van der Waals surface area contributed by atoms with Gasteiger partial charge in [-0.05, 0) is 24.8 Å². The van der Waals surface area contributed by atoms with Crippen molar-refractivity contribution < 1.29 is 9.63 Å². The van der Waals surface area contributed by atoms with E-state index in [-0.39, 0.29) is 21.1 Å². The molecule has 0 fully saturated rings. The van der Waals surface area contributed by atoms with Crippen molar-refractivity contribution >= 4 is 18.0 Å². The van der Waals surface area contributed by atoms with Gasteiger partial charge in [-0.25, -0.2) is 0 Å². The van der Waals surface area contributed by atoms with Crippen LogP contribution < -0.4 is 4.52 Å². The molecule has 1 aromatic rings. The maximum atomic E-state index is 9.44. The van der Waals surface area contributed by atoms with Gasteiger partial charge >= 0.3 is 0 Å². The Morgan fingerprint density at radius 1 is 1.19 bits per heavy atom. The topological polar surface area (TPSA) is 29.5 Å². The summed E-state index contributed by atoms with van der Waals surface area (Å²) < 4.78 is 5.76. The van der Waals surface area contributed by atoms with Gasteiger partial charge in [0.05, 0.1) is 8.15 Å². The molecule has 1 rings (SSSR count). The second-order valence-corrected chi connectivity index (χ2v) is 6.64. The van der Waals surface area contributed by atoms with Crippen molar-refractivity contribution in [3.8, 4) is 11.5 Å². The highest BCUT2D eigenvalue weighted by atomic mass is 31.1. The van der Waals surface area contributed by atoms with Crippen LogP contribution in [0.25, 0.3) is 0 Å². The minimum absolute atomic E-state index is 0. The van der Waals surface area contributed by atoms with Crippen LogP contribution in [0.2, 0.25) is 0 Å². The SMILES string of the molecule is CP(C)Oc1cc(O)ccc1C(C)(C)C.P. The molecule has 0 aliphatic rings. The first kappa shape index (κ1) is 15.7. The Hall–Kier alpha value is -0.320. The molecule has 0 aromatic heterocycles. The molecule has 0 saturated carbocycles. The zero-order chi connectivity index (χ0) is 11.6. The lowest BCUT2D eigenvalue weighted by Crippen LogP contribution is -2.12. The highest BCUT2D eigenvalue weighted by molar-refractivity contribution is 7.51. The van der Waals surface area contributed by atoms with Crippen LogP contribution in [-0.2, 0) is 5.41 Å². The average molecular weight is 260 g/mol. The van der Waals surface area contributed by atoms with E-state index in [0.717, 1.165) is 11.3 Å². The maximum absolute atomic E-state index is 9.44. The van der Waals surface area contributed by atoms with Crippen LogP contribution in [0.1, 0.15) is 26.3 Å². The van der Waals surface area contributed by atoms with Gasteiger partial charge in [0.25, 0.3) is 0 Å². The summed E-state index contributed by atoms with van der Waals surface area (Å²) in [5.41, 5.74) is 1.17. The fourth-order valence-corrected chi connectivity index (χ4v) is 1.95. The fraction of sp³-hybridized carbons (Fsp3) is 0.500. The van der Waals surface area contributed by atoms with Crippen molar-refractivity contribution in [1.29, 1.82) is 0 Å². The molecule has 4 heteroatoms. The second-order valence-electron chi connectivity index (χ2n) is 4.83. The minimum atomic E-state index is -0.464. The zero-order valence-electron chi connectivity index (χ0n) is 10.7. The monoisotopic (exact) mass is 260 g/mol. The Labute approximate surface area is 103 Å². The highest BCUT2D eigenvalue weighted by Gasteiger charge is 2.19. The van der Waals surface area contributed by atoms with Crippen LogP contribution in [0, 0.1) is 0 Å². The molecule has 0 heterocycles. The predicted octanol–water partition coefficient (Wildman–Crippen LogP) is 3.78. The lowest BCUT2D eigenvalue weighted by atomic mass is 9.86. The molecule has 16 heavy (non-hydrogen) atoms. The molecule has 0 bridgehead atoms. The van der Waals surface area contributed by atoms with Crippen molar-refractivity contribution in [3.05, 3.63) is 23.8 Å². The first-order valence-corrected chi connectivity index (χ1v) is 7.15. The third-order valence-electron chi connectivity index (χ3n) is 2.05. The number of phenolic OH excluding ortho intramolecular Hbond substituents is 1. The number of hydrogen-bond donors (Lipinski definition) is 1. The van der Waals surface area contributed by atoms with Crippen LogP contribution in [-0.4, -0.2) is 18.4 Å². The van der Waals surface area contributed by atoms with Gasteiger partial charge in [0, 0.05) is 11.6 Å². The van der Waals surface area contributed by atoms with Crippen LogP contribution in [0.4, 0.5) is 0 Å². The summed E-state index contributed by atoms with van der Waals surface area (Å²) in [4.78, 5) is 0.